The van der Waals surface area contributed by atoms with Crippen molar-refractivity contribution in [3.8, 4) is 6.07 Å². The first-order chi connectivity index (χ1) is 8.28. The predicted octanol–water partition coefficient (Wildman–Crippen LogP) is 3.11. The molecule has 17 heavy (non-hydrogen) atoms. The molecule has 0 bridgehead atoms. The van der Waals surface area contributed by atoms with E-state index in [0.29, 0.717) is 12.5 Å². The molecule has 0 aliphatic carbocycles. The number of nitrogens with zero attached hydrogens (tertiary/aromatic N) is 1. The minimum absolute atomic E-state index is 0.0595. The summed E-state index contributed by atoms with van der Waals surface area (Å²) in [5.74, 6) is 0.689. The van der Waals surface area contributed by atoms with Crippen LogP contribution in [0.15, 0.2) is 0 Å². The van der Waals surface area contributed by atoms with E-state index in [1.807, 2.05) is 6.92 Å². The number of nitrogens with one attached hydrogen (secondary N) is 1. The van der Waals surface area contributed by atoms with Crippen LogP contribution in [0.4, 0.5) is 0 Å². The van der Waals surface area contributed by atoms with Crippen molar-refractivity contribution < 1.29 is 4.74 Å². The van der Waals surface area contributed by atoms with Crippen LogP contribution in [0.2, 0.25) is 0 Å². The number of ether oxygens (including phenoxy) is 1. The molecule has 100 valence electrons. The Kier molecular flexibility index (Phi) is 11.5. The van der Waals surface area contributed by atoms with Gasteiger partial charge in [-0.05, 0) is 25.3 Å². The van der Waals surface area contributed by atoms with E-state index < -0.39 is 0 Å². The quantitative estimate of drug-likeness (QED) is 0.564. The highest BCUT2D eigenvalue weighted by Gasteiger charge is 2.08. The van der Waals surface area contributed by atoms with Gasteiger partial charge in [0.05, 0.1) is 12.1 Å². The Bertz CT molecular complexity index is 201. The summed E-state index contributed by atoms with van der Waals surface area (Å²) >= 11 is 0. The lowest BCUT2D eigenvalue weighted by molar-refractivity contribution is 0.0894. The Balaban J connectivity index is 3.56. The zero-order valence-electron chi connectivity index (χ0n) is 11.7. The SMILES string of the molecule is CCCCC(CC)COCCC(C#N)NCC. The third-order valence-corrected chi connectivity index (χ3v) is 3.05. The molecule has 2 atom stereocenters. The van der Waals surface area contributed by atoms with Crippen LogP contribution in [0.1, 0.15) is 52.9 Å². The Labute approximate surface area is 107 Å². The van der Waals surface area contributed by atoms with Gasteiger partial charge in [-0.15, -0.1) is 0 Å². The fourth-order valence-electron chi connectivity index (χ4n) is 1.81. The van der Waals surface area contributed by atoms with Gasteiger partial charge in [-0.25, -0.2) is 0 Å². The van der Waals surface area contributed by atoms with E-state index in [0.717, 1.165) is 19.6 Å². The highest BCUT2D eigenvalue weighted by molar-refractivity contribution is 4.88. The normalized spacial score (nSPS) is 14.2. The van der Waals surface area contributed by atoms with Gasteiger partial charge < -0.3 is 10.1 Å². The highest BCUT2D eigenvalue weighted by atomic mass is 16.5. The van der Waals surface area contributed by atoms with E-state index in [2.05, 4.69) is 25.2 Å². The lowest BCUT2D eigenvalue weighted by Crippen LogP contribution is -2.28. The van der Waals surface area contributed by atoms with Crippen molar-refractivity contribution in [2.45, 2.75) is 58.9 Å². The van der Waals surface area contributed by atoms with Crippen molar-refractivity contribution in [2.24, 2.45) is 5.92 Å². The molecule has 0 aliphatic heterocycles. The molecule has 0 aliphatic rings. The lowest BCUT2D eigenvalue weighted by Gasteiger charge is -2.15. The zero-order valence-corrected chi connectivity index (χ0v) is 11.7. The average Bonchev–Trinajstić information content (AvgIpc) is 2.36. The molecular weight excluding hydrogens is 212 g/mol. The van der Waals surface area contributed by atoms with Crippen molar-refractivity contribution in [3.63, 3.8) is 0 Å². The third-order valence-electron chi connectivity index (χ3n) is 3.05. The Morgan fingerprint density at radius 3 is 2.53 bits per heavy atom. The van der Waals surface area contributed by atoms with Crippen LogP contribution < -0.4 is 5.32 Å². The van der Waals surface area contributed by atoms with E-state index in [-0.39, 0.29) is 6.04 Å². The number of rotatable bonds is 11. The summed E-state index contributed by atoms with van der Waals surface area (Å²) in [7, 11) is 0. The number of hydrogen-bond acceptors (Lipinski definition) is 3. The maximum atomic E-state index is 8.86. The van der Waals surface area contributed by atoms with E-state index in [1.54, 1.807) is 0 Å². The van der Waals surface area contributed by atoms with Crippen LogP contribution in [0.3, 0.4) is 0 Å². The first-order valence-corrected chi connectivity index (χ1v) is 6.99. The van der Waals surface area contributed by atoms with Gasteiger partial charge in [0.25, 0.3) is 0 Å². The molecule has 0 aromatic carbocycles. The number of nitriles is 1. The van der Waals surface area contributed by atoms with Gasteiger partial charge in [-0.3, -0.25) is 0 Å². The topological polar surface area (TPSA) is 45.0 Å². The smallest absolute Gasteiger partial charge is 0.0974 e. The summed E-state index contributed by atoms with van der Waals surface area (Å²) in [4.78, 5) is 0. The van der Waals surface area contributed by atoms with E-state index >= 15 is 0 Å². The van der Waals surface area contributed by atoms with Crippen LogP contribution in [0.5, 0.6) is 0 Å². The van der Waals surface area contributed by atoms with Crippen molar-refractivity contribution in [3.05, 3.63) is 0 Å². The summed E-state index contributed by atoms with van der Waals surface area (Å²) in [5, 5.41) is 12.0. The maximum absolute atomic E-state index is 8.86. The fourth-order valence-corrected chi connectivity index (χ4v) is 1.81. The summed E-state index contributed by atoms with van der Waals surface area (Å²) < 4.78 is 5.67. The molecule has 0 radical (unpaired) electrons. The second-order valence-corrected chi connectivity index (χ2v) is 4.52. The number of hydrogen-bond donors (Lipinski definition) is 1. The minimum atomic E-state index is -0.0595. The summed E-state index contributed by atoms with van der Waals surface area (Å²) in [6.07, 6.45) is 5.79. The maximum Gasteiger partial charge on any atom is 0.0974 e. The molecule has 3 heteroatoms. The van der Waals surface area contributed by atoms with E-state index in [1.165, 1.54) is 25.7 Å². The van der Waals surface area contributed by atoms with Gasteiger partial charge in [-0.1, -0.05) is 40.0 Å². The summed E-state index contributed by atoms with van der Waals surface area (Å²) in [5.41, 5.74) is 0. The van der Waals surface area contributed by atoms with Gasteiger partial charge >= 0.3 is 0 Å². The summed E-state index contributed by atoms with van der Waals surface area (Å²) in [6, 6.07) is 2.19. The van der Waals surface area contributed by atoms with Gasteiger partial charge in [0, 0.05) is 13.2 Å². The van der Waals surface area contributed by atoms with Crippen LogP contribution in [-0.2, 0) is 4.74 Å². The molecule has 0 saturated heterocycles. The molecular formula is C14H28N2O. The van der Waals surface area contributed by atoms with Crippen LogP contribution in [0.25, 0.3) is 0 Å². The van der Waals surface area contributed by atoms with Crippen LogP contribution in [-0.4, -0.2) is 25.8 Å². The third kappa shape index (κ3) is 9.14. The van der Waals surface area contributed by atoms with Crippen LogP contribution in [0, 0.1) is 17.2 Å². The van der Waals surface area contributed by atoms with Crippen molar-refractivity contribution in [2.75, 3.05) is 19.8 Å². The molecule has 0 amide bonds. The average molecular weight is 240 g/mol. The van der Waals surface area contributed by atoms with E-state index in [4.69, 9.17) is 10.00 Å². The monoisotopic (exact) mass is 240 g/mol. The van der Waals surface area contributed by atoms with Crippen molar-refractivity contribution in [1.82, 2.24) is 5.32 Å². The van der Waals surface area contributed by atoms with Gasteiger partial charge in [0.15, 0.2) is 0 Å². The zero-order chi connectivity index (χ0) is 12.9. The summed E-state index contributed by atoms with van der Waals surface area (Å²) in [6.45, 7) is 8.84. The largest absolute Gasteiger partial charge is 0.381 e. The first kappa shape index (κ1) is 16.4. The minimum Gasteiger partial charge on any atom is -0.381 e. The molecule has 2 unspecified atom stereocenters. The standard InChI is InChI=1S/C14H28N2O/c1-4-7-8-13(5-2)12-17-10-9-14(11-15)16-6-3/h13-14,16H,4-10,12H2,1-3H3. The number of unbranched alkanes of at least 4 members (excludes halogenated alkanes) is 1. The Morgan fingerprint density at radius 2 is 2.00 bits per heavy atom. The molecule has 3 nitrogen and oxygen atoms in total. The molecule has 0 rings (SSSR count). The second kappa shape index (κ2) is 11.9. The molecule has 0 spiro atoms. The Hall–Kier alpha value is -0.590. The van der Waals surface area contributed by atoms with Gasteiger partial charge in [0.2, 0.25) is 0 Å². The first-order valence-electron chi connectivity index (χ1n) is 6.99. The van der Waals surface area contributed by atoms with Gasteiger partial charge in [0.1, 0.15) is 0 Å². The van der Waals surface area contributed by atoms with E-state index in [9.17, 15) is 0 Å². The molecule has 1 N–H and O–H groups in total. The lowest BCUT2D eigenvalue weighted by atomic mass is 10.0. The van der Waals surface area contributed by atoms with Crippen molar-refractivity contribution >= 4 is 0 Å². The fraction of sp³-hybridized carbons (Fsp3) is 0.929. The molecule has 0 heterocycles. The highest BCUT2D eigenvalue weighted by Crippen LogP contribution is 2.12. The van der Waals surface area contributed by atoms with Crippen LogP contribution >= 0.6 is 0 Å². The Morgan fingerprint density at radius 1 is 1.24 bits per heavy atom. The second-order valence-electron chi connectivity index (χ2n) is 4.52. The molecule has 0 aromatic heterocycles. The predicted molar refractivity (Wildman–Crippen MR) is 71.8 cm³/mol. The van der Waals surface area contributed by atoms with Crippen molar-refractivity contribution in [1.29, 1.82) is 5.26 Å². The molecule has 0 aromatic rings. The molecule has 0 saturated carbocycles. The van der Waals surface area contributed by atoms with Gasteiger partial charge in [-0.2, -0.15) is 5.26 Å². The molecule has 0 fully saturated rings.